The number of hydrogen-bond donors (Lipinski definition) is 2. The Bertz CT molecular complexity index is 700. The van der Waals surface area contributed by atoms with Crippen LogP contribution in [0.15, 0.2) is 24.3 Å². The molecule has 2 rings (SSSR count). The number of hydrogen-bond acceptors (Lipinski definition) is 7. The summed E-state index contributed by atoms with van der Waals surface area (Å²) in [4.78, 5) is 0. The first-order valence-electron chi connectivity index (χ1n) is 6.30. The van der Waals surface area contributed by atoms with Crippen LogP contribution >= 0.6 is 11.3 Å². The highest BCUT2D eigenvalue weighted by molar-refractivity contribution is 7.92. The quantitative estimate of drug-likeness (QED) is 0.746. The molecule has 0 radical (unpaired) electrons. The molecule has 2 aromatic rings. The van der Waals surface area contributed by atoms with E-state index >= 15 is 0 Å². The second-order valence-corrected chi connectivity index (χ2v) is 7.10. The summed E-state index contributed by atoms with van der Waals surface area (Å²) < 4.78 is 31.5. The molecule has 0 unspecified atom stereocenters. The molecule has 0 amide bonds. The number of nitrogens with zero attached hydrogens (tertiary/aromatic N) is 2. The van der Waals surface area contributed by atoms with Crippen LogP contribution in [0.5, 0.6) is 5.75 Å². The van der Waals surface area contributed by atoms with Crippen LogP contribution in [0.2, 0.25) is 0 Å². The minimum Gasteiger partial charge on any atom is -0.492 e. The number of rotatable bonds is 7. The Morgan fingerprint density at radius 3 is 2.86 bits per heavy atom. The topological polar surface area (TPSA) is 107 Å². The summed E-state index contributed by atoms with van der Waals surface area (Å²) in [6.07, 6.45) is 0.720. The van der Waals surface area contributed by atoms with E-state index in [9.17, 15) is 8.42 Å². The number of aromatic nitrogens is 2. The smallest absolute Gasteiger partial charge is 0.237 e. The van der Waals surface area contributed by atoms with Gasteiger partial charge in [0.05, 0.1) is 0 Å². The van der Waals surface area contributed by atoms with Gasteiger partial charge in [-0.05, 0) is 18.6 Å². The number of nitrogens with two attached hydrogens (primary N) is 1. The maximum Gasteiger partial charge on any atom is 0.237 e. The first-order chi connectivity index (χ1) is 9.98. The van der Waals surface area contributed by atoms with E-state index in [4.69, 9.17) is 10.5 Å². The minimum absolute atomic E-state index is 0.0260. The van der Waals surface area contributed by atoms with E-state index in [0.29, 0.717) is 11.4 Å². The van der Waals surface area contributed by atoms with E-state index in [1.165, 1.54) is 11.3 Å². The average Bonchev–Trinajstić information content (AvgIpc) is 2.85. The van der Waals surface area contributed by atoms with Crippen molar-refractivity contribution in [2.75, 3.05) is 22.8 Å². The van der Waals surface area contributed by atoms with Gasteiger partial charge < -0.3 is 10.5 Å². The monoisotopic (exact) mass is 328 g/mol. The molecule has 3 N–H and O–H groups in total. The molecule has 0 aliphatic rings. The molecule has 0 saturated heterocycles. The lowest BCUT2D eigenvalue weighted by atomic mass is 10.3. The average molecular weight is 328 g/mol. The molecule has 1 heterocycles. The van der Waals surface area contributed by atoms with Crippen LogP contribution in [0.3, 0.4) is 0 Å². The van der Waals surface area contributed by atoms with Crippen molar-refractivity contribution >= 4 is 32.2 Å². The SMILES string of the molecule is CCc1nnc(NS(=O)(=O)CCOc2cccc(N)c2)s1. The van der Waals surface area contributed by atoms with E-state index in [1.54, 1.807) is 24.3 Å². The van der Waals surface area contributed by atoms with Crippen LogP contribution in [-0.2, 0) is 16.4 Å². The van der Waals surface area contributed by atoms with Crippen LogP contribution in [-0.4, -0.2) is 31.0 Å². The predicted octanol–water partition coefficient (Wildman–Crippen LogP) is 1.50. The molecule has 1 aromatic carbocycles. The molecule has 0 spiro atoms. The Hall–Kier alpha value is -1.87. The summed E-state index contributed by atoms with van der Waals surface area (Å²) in [6.45, 7) is 1.95. The van der Waals surface area contributed by atoms with Crippen molar-refractivity contribution < 1.29 is 13.2 Å². The van der Waals surface area contributed by atoms with Crippen LogP contribution in [0, 0.1) is 0 Å². The number of anilines is 2. The van der Waals surface area contributed by atoms with Crippen molar-refractivity contribution in [3.63, 3.8) is 0 Å². The van der Waals surface area contributed by atoms with Crippen LogP contribution < -0.4 is 15.2 Å². The van der Waals surface area contributed by atoms with Gasteiger partial charge in [0.25, 0.3) is 0 Å². The zero-order valence-corrected chi connectivity index (χ0v) is 13.1. The van der Waals surface area contributed by atoms with Gasteiger partial charge in [-0.3, -0.25) is 4.72 Å². The standard InChI is InChI=1S/C12H16N4O3S2/c1-2-11-14-15-12(20-11)16-21(17,18)7-6-19-10-5-3-4-9(13)8-10/h3-5,8H,2,6-7,13H2,1H3,(H,15,16). The van der Waals surface area contributed by atoms with Crippen LogP contribution in [0.4, 0.5) is 10.8 Å². The lowest BCUT2D eigenvalue weighted by molar-refractivity contribution is 0.341. The van der Waals surface area contributed by atoms with Crippen molar-refractivity contribution in [3.05, 3.63) is 29.3 Å². The fourth-order valence-electron chi connectivity index (χ4n) is 1.50. The molecular formula is C12H16N4O3S2. The fraction of sp³-hybridized carbons (Fsp3) is 0.333. The third-order valence-electron chi connectivity index (χ3n) is 2.49. The van der Waals surface area contributed by atoms with E-state index in [1.807, 2.05) is 6.92 Å². The van der Waals surface area contributed by atoms with Crippen molar-refractivity contribution in [1.82, 2.24) is 10.2 Å². The van der Waals surface area contributed by atoms with Gasteiger partial charge >= 0.3 is 0 Å². The van der Waals surface area contributed by atoms with Gasteiger partial charge in [-0.25, -0.2) is 8.42 Å². The second-order valence-electron chi connectivity index (χ2n) is 4.20. The number of nitrogen functional groups attached to an aromatic ring is 1. The van der Waals surface area contributed by atoms with Crippen molar-refractivity contribution in [2.45, 2.75) is 13.3 Å². The molecule has 0 bridgehead atoms. The lowest BCUT2D eigenvalue weighted by Gasteiger charge is -2.07. The highest BCUT2D eigenvalue weighted by Crippen LogP contribution is 2.17. The maximum atomic E-state index is 11.9. The zero-order valence-electron chi connectivity index (χ0n) is 11.4. The summed E-state index contributed by atoms with van der Waals surface area (Å²) >= 11 is 1.22. The molecule has 0 saturated carbocycles. The van der Waals surface area contributed by atoms with Gasteiger partial charge in [0, 0.05) is 11.8 Å². The number of nitrogens with one attached hydrogen (secondary N) is 1. The van der Waals surface area contributed by atoms with Crippen LogP contribution in [0.1, 0.15) is 11.9 Å². The normalized spacial score (nSPS) is 11.3. The van der Waals surface area contributed by atoms with Gasteiger partial charge in [-0.15, -0.1) is 10.2 Å². The molecule has 0 aliphatic heterocycles. The molecule has 114 valence electrons. The number of ether oxygens (including phenoxy) is 1. The zero-order chi connectivity index (χ0) is 15.3. The maximum absolute atomic E-state index is 11.9. The van der Waals surface area contributed by atoms with Crippen molar-refractivity contribution in [3.8, 4) is 5.75 Å². The summed E-state index contributed by atoms with van der Waals surface area (Å²) in [5.41, 5.74) is 6.17. The minimum atomic E-state index is -3.51. The molecule has 0 atom stereocenters. The van der Waals surface area contributed by atoms with Gasteiger partial charge in [-0.2, -0.15) is 0 Å². The molecular weight excluding hydrogens is 312 g/mol. The summed E-state index contributed by atoms with van der Waals surface area (Å²) in [6, 6.07) is 6.82. The van der Waals surface area contributed by atoms with Gasteiger partial charge in [0.15, 0.2) is 0 Å². The number of aryl methyl sites for hydroxylation is 1. The highest BCUT2D eigenvalue weighted by atomic mass is 32.2. The molecule has 9 heteroatoms. The van der Waals surface area contributed by atoms with Gasteiger partial charge in [0.2, 0.25) is 15.2 Å². The van der Waals surface area contributed by atoms with Crippen molar-refractivity contribution in [1.29, 1.82) is 0 Å². The van der Waals surface area contributed by atoms with Crippen molar-refractivity contribution in [2.24, 2.45) is 0 Å². The van der Waals surface area contributed by atoms with Crippen LogP contribution in [0.25, 0.3) is 0 Å². The Balaban J connectivity index is 1.86. The predicted molar refractivity (Wildman–Crippen MR) is 83.0 cm³/mol. The van der Waals surface area contributed by atoms with Gasteiger partial charge in [0.1, 0.15) is 23.1 Å². The Labute approximate surface area is 127 Å². The lowest BCUT2D eigenvalue weighted by Crippen LogP contribution is -2.21. The van der Waals surface area contributed by atoms with E-state index < -0.39 is 10.0 Å². The first kappa shape index (κ1) is 15.5. The van der Waals surface area contributed by atoms with E-state index in [0.717, 1.165) is 11.4 Å². The highest BCUT2D eigenvalue weighted by Gasteiger charge is 2.14. The number of sulfonamides is 1. The molecule has 0 aliphatic carbocycles. The first-order valence-corrected chi connectivity index (χ1v) is 8.76. The van der Waals surface area contributed by atoms with Gasteiger partial charge in [-0.1, -0.05) is 24.3 Å². The Kier molecular flexibility index (Phi) is 4.97. The second kappa shape index (κ2) is 6.72. The summed E-state index contributed by atoms with van der Waals surface area (Å²) in [5, 5.41) is 8.68. The Morgan fingerprint density at radius 2 is 2.19 bits per heavy atom. The van der Waals surface area contributed by atoms with E-state index in [-0.39, 0.29) is 17.5 Å². The molecule has 7 nitrogen and oxygen atoms in total. The fourth-order valence-corrected chi connectivity index (χ4v) is 3.29. The summed E-state index contributed by atoms with van der Waals surface area (Å²) in [7, 11) is -3.51. The molecule has 21 heavy (non-hydrogen) atoms. The van der Waals surface area contributed by atoms with E-state index in [2.05, 4.69) is 14.9 Å². The molecule has 0 fully saturated rings. The third-order valence-corrected chi connectivity index (χ3v) is 4.81. The number of benzene rings is 1. The third kappa shape index (κ3) is 4.87. The Morgan fingerprint density at radius 1 is 1.38 bits per heavy atom. The summed E-state index contributed by atoms with van der Waals surface area (Å²) in [5.74, 6) is 0.359. The molecule has 1 aromatic heterocycles. The largest absolute Gasteiger partial charge is 0.492 e.